The molecule has 0 bridgehead atoms. The first kappa shape index (κ1) is 15.4. The zero-order chi connectivity index (χ0) is 16.2. The lowest BCUT2D eigenvalue weighted by molar-refractivity contribution is -0.122. The Labute approximate surface area is 135 Å². The molecule has 0 aliphatic carbocycles. The summed E-state index contributed by atoms with van der Waals surface area (Å²) < 4.78 is 0. The lowest BCUT2D eigenvalue weighted by atomic mass is 10.1. The van der Waals surface area contributed by atoms with Gasteiger partial charge in [-0.1, -0.05) is 18.2 Å². The number of hydrogen-bond donors (Lipinski definition) is 1. The molecule has 23 heavy (non-hydrogen) atoms. The fourth-order valence-electron chi connectivity index (χ4n) is 2.84. The highest BCUT2D eigenvalue weighted by Gasteiger charge is 2.24. The van der Waals surface area contributed by atoms with E-state index in [0.717, 1.165) is 10.9 Å². The molecule has 6 nitrogen and oxygen atoms in total. The van der Waals surface area contributed by atoms with Gasteiger partial charge in [-0.15, -0.1) is 0 Å². The van der Waals surface area contributed by atoms with Crippen molar-refractivity contribution < 1.29 is 9.59 Å². The molecule has 0 atom stereocenters. The minimum absolute atomic E-state index is 0.00281. The summed E-state index contributed by atoms with van der Waals surface area (Å²) >= 11 is 0. The molecule has 0 saturated carbocycles. The number of nitrogens with one attached hydrogen (secondary N) is 1. The zero-order valence-corrected chi connectivity index (χ0v) is 13.2. The van der Waals surface area contributed by atoms with Gasteiger partial charge in [0.15, 0.2) is 0 Å². The Balaban J connectivity index is 1.71. The predicted molar refractivity (Wildman–Crippen MR) is 88.2 cm³/mol. The third kappa shape index (κ3) is 3.32. The number of likely N-dealkylation sites (N-methyl/N-ethyl adjacent to an activating group) is 1. The third-order valence-electron chi connectivity index (χ3n) is 4.17. The van der Waals surface area contributed by atoms with Gasteiger partial charge < -0.3 is 10.2 Å². The van der Waals surface area contributed by atoms with Gasteiger partial charge in [0.1, 0.15) is 0 Å². The van der Waals surface area contributed by atoms with Crippen molar-refractivity contribution in [3.63, 3.8) is 0 Å². The molecule has 120 valence electrons. The number of hydrogen-bond acceptors (Lipinski definition) is 4. The van der Waals surface area contributed by atoms with Crippen LogP contribution in [0.3, 0.4) is 0 Å². The van der Waals surface area contributed by atoms with E-state index in [4.69, 9.17) is 0 Å². The average Bonchev–Trinajstić information content (AvgIpc) is 2.61. The molecule has 0 radical (unpaired) electrons. The number of benzene rings is 1. The minimum Gasteiger partial charge on any atom is -0.358 e. The lowest BCUT2D eigenvalue weighted by Gasteiger charge is -2.34. The standard InChI is InChI=1S/C17H20N4O2/c1-18-15(22)12-20-8-10-21(11-9-20)17(23)14-6-2-4-13-5-3-7-19-16(13)14/h2-7H,8-12H2,1H3,(H,18,22). The van der Waals surface area contributed by atoms with E-state index >= 15 is 0 Å². The molecule has 6 heteroatoms. The number of para-hydroxylation sites is 1. The lowest BCUT2D eigenvalue weighted by Crippen LogP contribution is -2.50. The van der Waals surface area contributed by atoms with Crippen LogP contribution in [0.25, 0.3) is 10.9 Å². The second-order valence-corrected chi connectivity index (χ2v) is 5.62. The van der Waals surface area contributed by atoms with Crippen LogP contribution in [0, 0.1) is 0 Å². The number of amides is 2. The van der Waals surface area contributed by atoms with Crippen LogP contribution in [0.1, 0.15) is 10.4 Å². The number of rotatable bonds is 3. The number of aromatic nitrogens is 1. The fourth-order valence-corrected chi connectivity index (χ4v) is 2.84. The quantitative estimate of drug-likeness (QED) is 0.908. The highest BCUT2D eigenvalue weighted by Crippen LogP contribution is 2.18. The van der Waals surface area contributed by atoms with Crippen LogP contribution < -0.4 is 5.32 Å². The van der Waals surface area contributed by atoms with Crippen LogP contribution in [-0.2, 0) is 4.79 Å². The highest BCUT2D eigenvalue weighted by atomic mass is 16.2. The van der Waals surface area contributed by atoms with Gasteiger partial charge in [-0.25, -0.2) is 0 Å². The first-order chi connectivity index (χ1) is 11.2. The van der Waals surface area contributed by atoms with Gasteiger partial charge >= 0.3 is 0 Å². The van der Waals surface area contributed by atoms with Gasteiger partial charge in [0, 0.05) is 44.8 Å². The van der Waals surface area contributed by atoms with E-state index in [1.165, 1.54) is 0 Å². The Morgan fingerprint density at radius 3 is 2.61 bits per heavy atom. The van der Waals surface area contributed by atoms with Crippen LogP contribution in [0.5, 0.6) is 0 Å². The van der Waals surface area contributed by atoms with Crippen molar-refractivity contribution in [1.82, 2.24) is 20.1 Å². The Morgan fingerprint density at radius 2 is 1.87 bits per heavy atom. The van der Waals surface area contributed by atoms with Gasteiger partial charge in [-0.3, -0.25) is 19.5 Å². The van der Waals surface area contributed by atoms with E-state index in [-0.39, 0.29) is 11.8 Å². The summed E-state index contributed by atoms with van der Waals surface area (Å²) in [6.45, 7) is 3.04. The van der Waals surface area contributed by atoms with E-state index < -0.39 is 0 Å². The van der Waals surface area contributed by atoms with Crippen molar-refractivity contribution in [2.45, 2.75) is 0 Å². The molecule has 3 rings (SSSR count). The Kier molecular flexibility index (Phi) is 4.52. The maximum atomic E-state index is 12.8. The molecule has 1 aliphatic rings. The summed E-state index contributed by atoms with van der Waals surface area (Å²) in [4.78, 5) is 32.5. The summed E-state index contributed by atoms with van der Waals surface area (Å²) in [5, 5.41) is 3.59. The molecule has 1 aliphatic heterocycles. The van der Waals surface area contributed by atoms with Gasteiger partial charge in [0.25, 0.3) is 5.91 Å². The van der Waals surface area contributed by atoms with Crippen molar-refractivity contribution in [2.75, 3.05) is 39.8 Å². The Bertz CT molecular complexity index is 718. The molecule has 1 saturated heterocycles. The van der Waals surface area contributed by atoms with Crippen LogP contribution in [-0.4, -0.2) is 66.4 Å². The molecule has 1 aromatic carbocycles. The summed E-state index contributed by atoms with van der Waals surface area (Å²) in [5.41, 5.74) is 1.38. The molecule has 0 unspecified atom stereocenters. The van der Waals surface area contributed by atoms with Crippen molar-refractivity contribution >= 4 is 22.7 Å². The molecule has 2 amide bonds. The Morgan fingerprint density at radius 1 is 1.13 bits per heavy atom. The van der Waals surface area contributed by atoms with Crippen molar-refractivity contribution in [1.29, 1.82) is 0 Å². The monoisotopic (exact) mass is 312 g/mol. The fraction of sp³-hybridized carbons (Fsp3) is 0.353. The normalized spacial score (nSPS) is 15.6. The number of carbonyl (C=O) groups excluding carboxylic acids is 2. The van der Waals surface area contributed by atoms with E-state index in [9.17, 15) is 9.59 Å². The van der Waals surface area contributed by atoms with Crippen LogP contribution in [0.4, 0.5) is 0 Å². The SMILES string of the molecule is CNC(=O)CN1CCN(C(=O)c2cccc3cccnc23)CC1. The van der Waals surface area contributed by atoms with E-state index in [0.29, 0.717) is 38.3 Å². The van der Waals surface area contributed by atoms with Crippen molar-refractivity contribution in [2.24, 2.45) is 0 Å². The second-order valence-electron chi connectivity index (χ2n) is 5.62. The maximum absolute atomic E-state index is 12.8. The maximum Gasteiger partial charge on any atom is 0.256 e. The first-order valence-corrected chi connectivity index (χ1v) is 7.75. The highest BCUT2D eigenvalue weighted by molar-refractivity contribution is 6.05. The van der Waals surface area contributed by atoms with Gasteiger partial charge in [-0.2, -0.15) is 0 Å². The summed E-state index contributed by atoms with van der Waals surface area (Å²) in [7, 11) is 1.63. The van der Waals surface area contributed by atoms with Gasteiger partial charge in [0.2, 0.25) is 5.91 Å². The Hall–Kier alpha value is -2.47. The molecule has 1 N–H and O–H groups in total. The largest absolute Gasteiger partial charge is 0.358 e. The molecule has 2 heterocycles. The van der Waals surface area contributed by atoms with Crippen LogP contribution >= 0.6 is 0 Å². The molecular weight excluding hydrogens is 292 g/mol. The molecular formula is C17H20N4O2. The van der Waals surface area contributed by atoms with E-state index in [1.807, 2.05) is 35.2 Å². The third-order valence-corrected chi connectivity index (χ3v) is 4.17. The van der Waals surface area contributed by atoms with E-state index in [2.05, 4.69) is 15.2 Å². The molecule has 2 aromatic rings. The average molecular weight is 312 g/mol. The van der Waals surface area contributed by atoms with Gasteiger partial charge in [-0.05, 0) is 12.1 Å². The first-order valence-electron chi connectivity index (χ1n) is 7.75. The second kappa shape index (κ2) is 6.75. The molecule has 0 spiro atoms. The summed E-state index contributed by atoms with van der Waals surface area (Å²) in [5.74, 6) is 0.0110. The van der Waals surface area contributed by atoms with Gasteiger partial charge in [0.05, 0.1) is 17.6 Å². The topological polar surface area (TPSA) is 65.5 Å². The number of fused-ring (bicyclic) bond motifs is 1. The predicted octanol–water partition coefficient (Wildman–Crippen LogP) is 0.739. The van der Waals surface area contributed by atoms with E-state index in [1.54, 1.807) is 13.2 Å². The number of carbonyl (C=O) groups is 2. The minimum atomic E-state index is 0.00281. The van der Waals surface area contributed by atoms with Crippen LogP contribution in [0.2, 0.25) is 0 Å². The van der Waals surface area contributed by atoms with Crippen molar-refractivity contribution in [3.05, 3.63) is 42.1 Å². The number of nitrogens with zero attached hydrogens (tertiary/aromatic N) is 3. The zero-order valence-electron chi connectivity index (χ0n) is 13.2. The number of piperazine rings is 1. The summed E-state index contributed by atoms with van der Waals surface area (Å²) in [6, 6.07) is 9.50. The molecule has 1 aromatic heterocycles. The number of pyridine rings is 1. The summed E-state index contributed by atoms with van der Waals surface area (Å²) in [6.07, 6.45) is 1.71. The van der Waals surface area contributed by atoms with Crippen LogP contribution in [0.15, 0.2) is 36.5 Å². The smallest absolute Gasteiger partial charge is 0.256 e. The molecule has 1 fully saturated rings. The van der Waals surface area contributed by atoms with Crippen molar-refractivity contribution in [3.8, 4) is 0 Å².